The van der Waals surface area contributed by atoms with Crippen molar-refractivity contribution in [3.05, 3.63) is 28.5 Å². The molecule has 0 fully saturated rings. The van der Waals surface area contributed by atoms with Gasteiger partial charge in [-0.3, -0.25) is 4.79 Å². The quantitative estimate of drug-likeness (QED) is 0.591. The molecule has 0 heterocycles. The molecular weight excluding hydrogens is 193 g/mol. The molecular formula is C9H9ClFNO. The first kappa shape index (κ1) is 9.99. The van der Waals surface area contributed by atoms with Gasteiger partial charge in [-0.2, -0.15) is 0 Å². The van der Waals surface area contributed by atoms with Crippen LogP contribution in [0.3, 0.4) is 0 Å². The molecule has 0 aliphatic heterocycles. The number of carbonyl (C=O) groups excluding carboxylic acids is 1. The average Bonchev–Trinajstić information content (AvgIpc) is 2.10. The maximum Gasteiger partial charge on any atom is 0.164 e. The number of hydrogen-bond donors (Lipinski definition) is 1. The molecule has 0 saturated heterocycles. The Morgan fingerprint density at radius 1 is 1.62 bits per heavy atom. The Bertz CT molecular complexity index is 352. The van der Waals surface area contributed by atoms with E-state index in [1.54, 1.807) is 6.92 Å². The van der Waals surface area contributed by atoms with Crippen molar-refractivity contribution in [2.24, 2.45) is 0 Å². The van der Waals surface area contributed by atoms with Gasteiger partial charge in [-0.25, -0.2) is 4.39 Å². The highest BCUT2D eigenvalue weighted by Gasteiger charge is 2.11. The van der Waals surface area contributed by atoms with Crippen LogP contribution in [0, 0.1) is 5.82 Å². The Balaban J connectivity index is 3.23. The number of carbonyl (C=O) groups is 1. The Hall–Kier alpha value is -1.09. The summed E-state index contributed by atoms with van der Waals surface area (Å²) in [4.78, 5) is 11.2. The van der Waals surface area contributed by atoms with Crippen LogP contribution in [0.1, 0.15) is 23.7 Å². The number of nitrogen functional groups attached to an aromatic ring is 1. The van der Waals surface area contributed by atoms with Crippen molar-refractivity contribution in [1.82, 2.24) is 0 Å². The SMILES string of the molecule is CCC(=O)c1cc(Cl)c(F)cc1N. The number of hydrogen-bond acceptors (Lipinski definition) is 2. The summed E-state index contributed by atoms with van der Waals surface area (Å²) < 4.78 is 12.8. The van der Waals surface area contributed by atoms with Crippen molar-refractivity contribution < 1.29 is 9.18 Å². The van der Waals surface area contributed by atoms with E-state index in [1.165, 1.54) is 6.07 Å². The lowest BCUT2D eigenvalue weighted by atomic mass is 10.1. The van der Waals surface area contributed by atoms with Crippen LogP contribution in [-0.4, -0.2) is 5.78 Å². The molecule has 0 aliphatic carbocycles. The topological polar surface area (TPSA) is 43.1 Å². The molecule has 0 aromatic heterocycles. The first-order chi connectivity index (χ1) is 6.06. The minimum atomic E-state index is -0.605. The summed E-state index contributed by atoms with van der Waals surface area (Å²) in [5, 5.41) is -0.0778. The summed E-state index contributed by atoms with van der Waals surface area (Å²) in [6.45, 7) is 1.71. The van der Waals surface area contributed by atoms with Crippen LogP contribution in [0.15, 0.2) is 12.1 Å². The van der Waals surface area contributed by atoms with Gasteiger partial charge in [-0.05, 0) is 12.1 Å². The molecule has 0 bridgehead atoms. The minimum absolute atomic E-state index is 0.0778. The highest BCUT2D eigenvalue weighted by atomic mass is 35.5. The van der Waals surface area contributed by atoms with Gasteiger partial charge in [0, 0.05) is 17.7 Å². The van der Waals surface area contributed by atoms with E-state index in [9.17, 15) is 9.18 Å². The van der Waals surface area contributed by atoms with Gasteiger partial charge in [0.2, 0.25) is 0 Å². The zero-order chi connectivity index (χ0) is 10.0. The molecule has 2 N–H and O–H groups in total. The molecule has 0 saturated carbocycles. The summed E-state index contributed by atoms with van der Waals surface area (Å²) in [6, 6.07) is 2.32. The maximum atomic E-state index is 12.8. The summed E-state index contributed by atoms with van der Waals surface area (Å²) in [5.41, 5.74) is 5.87. The number of nitrogens with two attached hydrogens (primary N) is 1. The Morgan fingerprint density at radius 3 is 2.77 bits per heavy atom. The number of benzene rings is 1. The molecule has 0 amide bonds. The predicted molar refractivity (Wildman–Crippen MR) is 50.4 cm³/mol. The lowest BCUT2D eigenvalue weighted by molar-refractivity contribution is 0.0989. The molecule has 0 unspecified atom stereocenters. The molecule has 4 heteroatoms. The van der Waals surface area contributed by atoms with E-state index < -0.39 is 5.82 Å². The molecule has 2 nitrogen and oxygen atoms in total. The second-order valence-corrected chi connectivity index (χ2v) is 3.04. The van der Waals surface area contributed by atoms with Crippen LogP contribution in [0.5, 0.6) is 0 Å². The van der Waals surface area contributed by atoms with E-state index in [4.69, 9.17) is 17.3 Å². The van der Waals surface area contributed by atoms with Gasteiger partial charge >= 0.3 is 0 Å². The first-order valence-corrected chi connectivity index (χ1v) is 4.21. The smallest absolute Gasteiger partial charge is 0.164 e. The predicted octanol–water partition coefficient (Wildman–Crippen LogP) is 2.65. The highest BCUT2D eigenvalue weighted by molar-refractivity contribution is 6.31. The molecule has 1 rings (SSSR count). The van der Waals surface area contributed by atoms with Gasteiger partial charge in [0.05, 0.1) is 5.02 Å². The van der Waals surface area contributed by atoms with E-state index >= 15 is 0 Å². The Morgan fingerprint density at radius 2 is 2.23 bits per heavy atom. The van der Waals surface area contributed by atoms with E-state index in [1.807, 2.05) is 0 Å². The van der Waals surface area contributed by atoms with Gasteiger partial charge in [0.25, 0.3) is 0 Å². The van der Waals surface area contributed by atoms with Crippen LogP contribution in [0.25, 0.3) is 0 Å². The van der Waals surface area contributed by atoms with Crippen molar-refractivity contribution in [1.29, 1.82) is 0 Å². The minimum Gasteiger partial charge on any atom is -0.398 e. The van der Waals surface area contributed by atoms with Gasteiger partial charge in [-0.1, -0.05) is 18.5 Å². The third-order valence-electron chi connectivity index (χ3n) is 1.71. The maximum absolute atomic E-state index is 12.8. The number of rotatable bonds is 2. The number of halogens is 2. The van der Waals surface area contributed by atoms with E-state index in [0.717, 1.165) is 6.07 Å². The average molecular weight is 202 g/mol. The normalized spacial score (nSPS) is 10.1. The third-order valence-corrected chi connectivity index (χ3v) is 2.00. The van der Waals surface area contributed by atoms with Gasteiger partial charge in [-0.15, -0.1) is 0 Å². The molecule has 0 radical (unpaired) electrons. The summed E-state index contributed by atoms with van der Waals surface area (Å²) in [6.07, 6.45) is 0.326. The van der Waals surface area contributed by atoms with Crippen molar-refractivity contribution >= 4 is 23.1 Å². The number of anilines is 1. The van der Waals surface area contributed by atoms with Crippen molar-refractivity contribution in [3.63, 3.8) is 0 Å². The second kappa shape index (κ2) is 3.75. The van der Waals surface area contributed by atoms with Gasteiger partial charge in [0.1, 0.15) is 5.82 Å². The van der Waals surface area contributed by atoms with E-state index in [2.05, 4.69) is 0 Å². The largest absolute Gasteiger partial charge is 0.398 e. The lowest BCUT2D eigenvalue weighted by Gasteiger charge is -2.04. The Kier molecular flexibility index (Phi) is 2.88. The highest BCUT2D eigenvalue weighted by Crippen LogP contribution is 2.22. The molecule has 1 aromatic carbocycles. The van der Waals surface area contributed by atoms with Gasteiger partial charge < -0.3 is 5.73 Å². The van der Waals surface area contributed by atoms with Crippen LogP contribution in [0.4, 0.5) is 10.1 Å². The summed E-state index contributed by atoms with van der Waals surface area (Å²) >= 11 is 5.50. The lowest BCUT2D eigenvalue weighted by Crippen LogP contribution is -2.03. The zero-order valence-corrected chi connectivity index (χ0v) is 7.86. The van der Waals surface area contributed by atoms with Crippen molar-refractivity contribution in [2.75, 3.05) is 5.73 Å². The molecule has 1 aromatic rings. The number of ketones is 1. The summed E-state index contributed by atoms with van der Waals surface area (Å²) in [7, 11) is 0. The fraction of sp³-hybridized carbons (Fsp3) is 0.222. The van der Waals surface area contributed by atoms with Crippen LogP contribution in [-0.2, 0) is 0 Å². The molecule has 0 aliphatic rings. The van der Waals surface area contributed by atoms with Crippen molar-refractivity contribution in [3.8, 4) is 0 Å². The van der Waals surface area contributed by atoms with Crippen LogP contribution < -0.4 is 5.73 Å². The fourth-order valence-electron chi connectivity index (χ4n) is 0.994. The molecule has 0 spiro atoms. The third kappa shape index (κ3) is 1.98. The van der Waals surface area contributed by atoms with Gasteiger partial charge in [0.15, 0.2) is 5.78 Å². The molecule has 13 heavy (non-hydrogen) atoms. The van der Waals surface area contributed by atoms with E-state index in [-0.39, 0.29) is 22.1 Å². The molecule has 70 valence electrons. The van der Waals surface area contributed by atoms with Crippen LogP contribution >= 0.6 is 11.6 Å². The van der Waals surface area contributed by atoms with E-state index in [0.29, 0.717) is 6.42 Å². The zero-order valence-electron chi connectivity index (χ0n) is 7.10. The fourth-order valence-corrected chi connectivity index (χ4v) is 1.16. The standard InChI is InChI=1S/C9H9ClFNO/c1-2-9(13)5-3-6(10)7(11)4-8(5)12/h3-4H,2,12H2,1H3. The van der Waals surface area contributed by atoms with Crippen molar-refractivity contribution in [2.45, 2.75) is 13.3 Å². The van der Waals surface area contributed by atoms with Crippen LogP contribution in [0.2, 0.25) is 5.02 Å². The molecule has 0 atom stereocenters. The summed E-state index contributed by atoms with van der Waals surface area (Å²) in [5.74, 6) is -0.744. The first-order valence-electron chi connectivity index (χ1n) is 3.84. The Labute approximate surface area is 80.5 Å². The number of Topliss-reactive ketones (excluding diaryl/α,β-unsaturated/α-hetero) is 1. The second-order valence-electron chi connectivity index (χ2n) is 2.63. The monoisotopic (exact) mass is 201 g/mol.